The first-order chi connectivity index (χ1) is 13.0. The normalized spacial score (nSPS) is 11.1. The van der Waals surface area contributed by atoms with E-state index in [1.165, 1.54) is 13.0 Å². The number of aromatic amines is 1. The van der Waals surface area contributed by atoms with Crippen LogP contribution < -0.4 is 11.1 Å². The Kier molecular flexibility index (Phi) is 4.19. The van der Waals surface area contributed by atoms with Crippen LogP contribution >= 0.6 is 0 Å². The van der Waals surface area contributed by atoms with Gasteiger partial charge in [-0.1, -0.05) is 6.07 Å². The number of halogens is 2. The summed E-state index contributed by atoms with van der Waals surface area (Å²) in [5.74, 6) is -1.17. The summed E-state index contributed by atoms with van der Waals surface area (Å²) < 4.78 is 28.4. The Hall–Kier alpha value is -3.48. The number of aryl methyl sites for hydroxylation is 1. The average Bonchev–Trinajstić information content (AvgIpc) is 3.08. The molecule has 7 heteroatoms. The molecular formula is C20H17F2N5. The van der Waals surface area contributed by atoms with Crippen molar-refractivity contribution in [2.75, 3.05) is 11.1 Å². The van der Waals surface area contributed by atoms with E-state index in [1.807, 2.05) is 24.4 Å². The molecule has 0 saturated carbocycles. The largest absolute Gasteiger partial charge is 0.396 e. The van der Waals surface area contributed by atoms with Crippen LogP contribution in [0.25, 0.3) is 11.0 Å². The van der Waals surface area contributed by atoms with Crippen molar-refractivity contribution in [1.82, 2.24) is 15.0 Å². The molecule has 0 radical (unpaired) electrons. The molecule has 0 aliphatic carbocycles. The van der Waals surface area contributed by atoms with E-state index >= 15 is 0 Å². The number of H-pyrrole nitrogens is 1. The summed E-state index contributed by atoms with van der Waals surface area (Å²) in [5, 5.41) is 3.74. The van der Waals surface area contributed by atoms with Gasteiger partial charge in [0.25, 0.3) is 0 Å². The summed E-state index contributed by atoms with van der Waals surface area (Å²) in [5.41, 5.74) is 8.34. The van der Waals surface area contributed by atoms with Crippen molar-refractivity contribution >= 4 is 28.2 Å². The van der Waals surface area contributed by atoms with Gasteiger partial charge < -0.3 is 16.0 Å². The number of nitrogens with two attached hydrogens (primary N) is 1. The van der Waals surface area contributed by atoms with Gasteiger partial charge in [0.05, 0.1) is 5.69 Å². The minimum Gasteiger partial charge on any atom is -0.396 e. The maximum absolute atomic E-state index is 14.2. The fourth-order valence-electron chi connectivity index (χ4n) is 3.02. The minimum atomic E-state index is -0.824. The predicted molar refractivity (Wildman–Crippen MR) is 102 cm³/mol. The van der Waals surface area contributed by atoms with Crippen molar-refractivity contribution in [2.45, 2.75) is 13.3 Å². The van der Waals surface area contributed by atoms with E-state index in [4.69, 9.17) is 5.73 Å². The summed E-state index contributed by atoms with van der Waals surface area (Å²) in [6.07, 6.45) is 6.00. The first-order valence-electron chi connectivity index (χ1n) is 8.40. The van der Waals surface area contributed by atoms with E-state index in [2.05, 4.69) is 20.3 Å². The van der Waals surface area contributed by atoms with E-state index in [0.717, 1.165) is 22.2 Å². The molecule has 0 bridgehead atoms. The molecular weight excluding hydrogens is 348 g/mol. The van der Waals surface area contributed by atoms with E-state index in [-0.39, 0.29) is 16.9 Å². The molecule has 4 N–H and O–H groups in total. The second-order valence-corrected chi connectivity index (χ2v) is 6.35. The second kappa shape index (κ2) is 6.68. The third kappa shape index (κ3) is 3.19. The Morgan fingerprint density at radius 2 is 2.00 bits per heavy atom. The Morgan fingerprint density at radius 3 is 2.78 bits per heavy atom. The number of rotatable bonds is 4. The molecule has 0 amide bonds. The molecule has 0 aliphatic heterocycles. The van der Waals surface area contributed by atoms with Gasteiger partial charge in [0, 0.05) is 30.4 Å². The van der Waals surface area contributed by atoms with Crippen LogP contribution in [-0.2, 0) is 6.42 Å². The summed E-state index contributed by atoms with van der Waals surface area (Å²) in [7, 11) is 0. The van der Waals surface area contributed by atoms with Gasteiger partial charge in [-0.15, -0.1) is 0 Å². The van der Waals surface area contributed by atoms with Crippen molar-refractivity contribution in [3.05, 3.63) is 77.2 Å². The number of nitrogens with one attached hydrogen (secondary N) is 2. The number of pyridine rings is 2. The maximum Gasteiger partial charge on any atom is 0.172 e. The van der Waals surface area contributed by atoms with Crippen LogP contribution in [0.5, 0.6) is 0 Å². The molecule has 0 fully saturated rings. The van der Waals surface area contributed by atoms with E-state index in [9.17, 15) is 8.78 Å². The third-order valence-corrected chi connectivity index (χ3v) is 4.42. The Bertz CT molecular complexity index is 1090. The topological polar surface area (TPSA) is 79.6 Å². The zero-order valence-electron chi connectivity index (χ0n) is 14.6. The number of nitrogen functional groups attached to an aromatic ring is 1. The highest BCUT2D eigenvalue weighted by Crippen LogP contribution is 2.29. The van der Waals surface area contributed by atoms with Crippen LogP contribution in [0.3, 0.4) is 0 Å². The lowest BCUT2D eigenvalue weighted by atomic mass is 10.1. The van der Waals surface area contributed by atoms with Crippen molar-refractivity contribution < 1.29 is 8.78 Å². The molecule has 3 heterocycles. The molecule has 5 nitrogen and oxygen atoms in total. The number of benzene rings is 1. The molecule has 3 aromatic heterocycles. The number of anilines is 3. The SMILES string of the molecule is Cc1cc(N)c(F)c(Nc2ccc(Cc3c[nH]c4ncccc34)cn2)c1F. The number of hydrogen-bond acceptors (Lipinski definition) is 4. The maximum atomic E-state index is 14.2. The summed E-state index contributed by atoms with van der Waals surface area (Å²) in [4.78, 5) is 11.7. The first kappa shape index (κ1) is 17.0. The van der Waals surface area contributed by atoms with Gasteiger partial charge >= 0.3 is 0 Å². The number of nitrogens with zero attached hydrogens (tertiary/aromatic N) is 2. The summed E-state index contributed by atoms with van der Waals surface area (Å²) in [6, 6.07) is 8.70. The lowest BCUT2D eigenvalue weighted by Crippen LogP contribution is -2.04. The van der Waals surface area contributed by atoms with Crippen LogP contribution in [0.4, 0.5) is 26.0 Å². The lowest BCUT2D eigenvalue weighted by Gasteiger charge is -2.12. The van der Waals surface area contributed by atoms with Gasteiger partial charge in [0.1, 0.15) is 17.2 Å². The molecule has 0 saturated heterocycles. The minimum absolute atomic E-state index is 0.110. The third-order valence-electron chi connectivity index (χ3n) is 4.42. The van der Waals surface area contributed by atoms with Gasteiger partial charge in [-0.05, 0) is 47.9 Å². The fourth-order valence-corrected chi connectivity index (χ4v) is 3.02. The van der Waals surface area contributed by atoms with Gasteiger partial charge in [-0.2, -0.15) is 0 Å². The molecule has 136 valence electrons. The van der Waals surface area contributed by atoms with Gasteiger partial charge in [0.15, 0.2) is 11.6 Å². The molecule has 0 spiro atoms. The molecule has 27 heavy (non-hydrogen) atoms. The highest BCUT2D eigenvalue weighted by Gasteiger charge is 2.16. The Balaban J connectivity index is 1.57. The first-order valence-corrected chi connectivity index (χ1v) is 8.40. The van der Waals surface area contributed by atoms with Gasteiger partial charge in [-0.25, -0.2) is 18.7 Å². The van der Waals surface area contributed by atoms with Crippen molar-refractivity contribution in [1.29, 1.82) is 0 Å². The molecule has 0 unspecified atom stereocenters. The van der Waals surface area contributed by atoms with Crippen LogP contribution in [0.1, 0.15) is 16.7 Å². The number of hydrogen-bond donors (Lipinski definition) is 3. The van der Waals surface area contributed by atoms with E-state index in [0.29, 0.717) is 12.2 Å². The highest BCUT2D eigenvalue weighted by molar-refractivity contribution is 5.79. The number of fused-ring (bicyclic) bond motifs is 1. The zero-order valence-corrected chi connectivity index (χ0v) is 14.6. The fraction of sp³-hybridized carbons (Fsp3) is 0.100. The second-order valence-electron chi connectivity index (χ2n) is 6.35. The zero-order chi connectivity index (χ0) is 19.0. The quantitative estimate of drug-likeness (QED) is 0.467. The Labute approximate surface area is 154 Å². The van der Waals surface area contributed by atoms with Crippen molar-refractivity contribution in [3.8, 4) is 0 Å². The number of aromatic nitrogens is 3. The average molecular weight is 365 g/mol. The predicted octanol–water partition coefficient (Wildman–Crippen LogP) is 4.46. The van der Waals surface area contributed by atoms with Crippen molar-refractivity contribution in [2.24, 2.45) is 0 Å². The van der Waals surface area contributed by atoms with Crippen molar-refractivity contribution in [3.63, 3.8) is 0 Å². The van der Waals surface area contributed by atoms with Crippen LogP contribution in [0, 0.1) is 18.6 Å². The van der Waals surface area contributed by atoms with Crippen LogP contribution in [-0.4, -0.2) is 15.0 Å². The monoisotopic (exact) mass is 365 g/mol. The van der Waals surface area contributed by atoms with E-state index < -0.39 is 11.6 Å². The Morgan fingerprint density at radius 1 is 1.15 bits per heavy atom. The molecule has 4 rings (SSSR count). The van der Waals surface area contributed by atoms with E-state index in [1.54, 1.807) is 18.5 Å². The van der Waals surface area contributed by atoms with Crippen LogP contribution in [0.2, 0.25) is 0 Å². The molecule has 1 aromatic carbocycles. The standard InChI is InChI=1S/C20H17F2N5/c1-11-7-15(23)18(22)19(17(11)21)27-16-5-4-12(9-25-16)8-13-10-26-20-14(13)3-2-6-24-20/h2-7,9-10H,8,23H2,1H3,(H,24,26)(H,25,27). The summed E-state index contributed by atoms with van der Waals surface area (Å²) >= 11 is 0. The lowest BCUT2D eigenvalue weighted by molar-refractivity contribution is 0.587. The molecule has 4 aromatic rings. The smallest absolute Gasteiger partial charge is 0.172 e. The van der Waals surface area contributed by atoms with Gasteiger partial charge in [0.2, 0.25) is 0 Å². The molecule has 0 aliphatic rings. The highest BCUT2D eigenvalue weighted by atomic mass is 19.1. The van der Waals surface area contributed by atoms with Gasteiger partial charge in [-0.3, -0.25) is 0 Å². The van der Waals surface area contributed by atoms with Crippen LogP contribution in [0.15, 0.2) is 48.9 Å². The molecule has 0 atom stereocenters. The summed E-state index contributed by atoms with van der Waals surface area (Å²) in [6.45, 7) is 1.53.